The van der Waals surface area contributed by atoms with Gasteiger partial charge in [-0.25, -0.2) is 0 Å². The summed E-state index contributed by atoms with van der Waals surface area (Å²) < 4.78 is 18.3. The summed E-state index contributed by atoms with van der Waals surface area (Å²) in [6, 6.07) is 0. The Morgan fingerprint density at radius 1 is 0.619 bits per heavy atom. The van der Waals surface area contributed by atoms with E-state index in [0.717, 1.165) is 48.4 Å². The van der Waals surface area contributed by atoms with Crippen LogP contribution in [0, 0.1) is 0 Å². The minimum atomic E-state index is 0.669. The van der Waals surface area contributed by atoms with E-state index in [1.807, 2.05) is 0 Å². The molecule has 0 fully saturated rings. The predicted octanol–water partition coefficient (Wildman–Crippen LogP) is 1.23. The fourth-order valence-corrected chi connectivity index (χ4v) is 2.11. The molecule has 0 aliphatic rings. The van der Waals surface area contributed by atoms with Crippen LogP contribution in [-0.4, -0.2) is 103 Å². The number of nitrogens with zero attached hydrogens (tertiary/aromatic N) is 2. The Labute approximate surface area is 131 Å². The molecule has 0 saturated heterocycles. The average Bonchev–Trinajstić information content (AvgIpc) is 2.37. The van der Waals surface area contributed by atoms with Gasteiger partial charge in [-0.1, -0.05) is 6.92 Å². The van der Waals surface area contributed by atoms with Crippen molar-refractivity contribution in [2.24, 2.45) is 0 Å². The monoisotopic (exact) mass is 306 g/mol. The van der Waals surface area contributed by atoms with Gasteiger partial charge in [0.05, 0.1) is 67.8 Å². The van der Waals surface area contributed by atoms with Crippen molar-refractivity contribution >= 4 is 0 Å². The van der Waals surface area contributed by atoms with Gasteiger partial charge in [0.1, 0.15) is 19.6 Å². The molecule has 0 atom stereocenters. The van der Waals surface area contributed by atoms with Crippen molar-refractivity contribution in [1.29, 1.82) is 0 Å². The molecule has 0 saturated carbocycles. The summed E-state index contributed by atoms with van der Waals surface area (Å²) in [5.41, 5.74) is 0. The van der Waals surface area contributed by atoms with Gasteiger partial charge in [0, 0.05) is 7.11 Å². The zero-order chi connectivity index (χ0) is 16.2. The second kappa shape index (κ2) is 11.4. The minimum absolute atomic E-state index is 0.669. The molecule has 0 bridgehead atoms. The second-order valence-electron chi connectivity index (χ2n) is 6.98. The van der Waals surface area contributed by atoms with Crippen molar-refractivity contribution in [3.8, 4) is 0 Å². The molecule has 0 aromatic carbocycles. The smallest absolute Gasteiger partial charge is 0.102 e. The van der Waals surface area contributed by atoms with E-state index >= 15 is 0 Å². The summed E-state index contributed by atoms with van der Waals surface area (Å²) in [6.07, 6.45) is 1.22. The summed E-state index contributed by atoms with van der Waals surface area (Å²) in [4.78, 5) is 0. The minimum Gasteiger partial charge on any atom is -0.382 e. The van der Waals surface area contributed by atoms with Gasteiger partial charge >= 0.3 is 0 Å². The number of likely N-dealkylation sites (N-methyl/N-ethyl adjacent to an activating group) is 2. The molecule has 0 amide bonds. The number of hydrogen-bond donors (Lipinski definition) is 0. The summed E-state index contributed by atoms with van der Waals surface area (Å²) in [5.74, 6) is 0. The average molecular weight is 306 g/mol. The van der Waals surface area contributed by atoms with E-state index in [4.69, 9.17) is 14.2 Å². The number of hydrogen-bond acceptors (Lipinski definition) is 3. The number of ether oxygens (including phenoxy) is 3. The Kier molecular flexibility index (Phi) is 11.3. The Morgan fingerprint density at radius 2 is 1.05 bits per heavy atom. The summed E-state index contributed by atoms with van der Waals surface area (Å²) in [7, 11) is 10.7. The molecule has 0 radical (unpaired) electrons. The Hall–Kier alpha value is -0.200. The lowest BCUT2D eigenvalue weighted by Crippen LogP contribution is -2.46. The maximum Gasteiger partial charge on any atom is 0.102 e. The normalized spacial score (nSPS) is 12.9. The van der Waals surface area contributed by atoms with Crippen LogP contribution in [-0.2, 0) is 14.2 Å². The molecule has 5 heteroatoms. The van der Waals surface area contributed by atoms with E-state index in [9.17, 15) is 0 Å². The quantitative estimate of drug-likeness (QED) is 0.357. The highest BCUT2D eigenvalue weighted by Crippen LogP contribution is 2.00. The van der Waals surface area contributed by atoms with Gasteiger partial charge in [0.2, 0.25) is 0 Å². The van der Waals surface area contributed by atoms with Crippen LogP contribution in [0.4, 0.5) is 0 Å². The van der Waals surface area contributed by atoms with E-state index in [1.54, 1.807) is 7.11 Å². The molecule has 0 aliphatic carbocycles. The van der Waals surface area contributed by atoms with E-state index in [0.29, 0.717) is 13.2 Å². The Bertz CT molecular complexity index is 246. The van der Waals surface area contributed by atoms with Crippen LogP contribution in [0.1, 0.15) is 13.3 Å². The predicted molar refractivity (Wildman–Crippen MR) is 87.5 cm³/mol. The molecule has 128 valence electrons. The van der Waals surface area contributed by atoms with Crippen LogP contribution in [0.25, 0.3) is 0 Å². The van der Waals surface area contributed by atoms with Crippen LogP contribution >= 0.6 is 0 Å². The topological polar surface area (TPSA) is 27.7 Å². The molecule has 0 aliphatic heterocycles. The number of methoxy groups -OCH3 is 1. The standard InChI is InChI=1S/C16H38N2O3/c1-7-8-17(2,3)9-12-20-13-10-18(4,5)11-14-21-16-15-19-6/h7-16H2,1-6H3/q+2. The third-order valence-corrected chi connectivity index (χ3v) is 3.78. The fraction of sp³-hybridized carbons (Fsp3) is 1.00. The van der Waals surface area contributed by atoms with Crippen LogP contribution in [0.15, 0.2) is 0 Å². The summed E-state index contributed by atoms with van der Waals surface area (Å²) in [6.45, 7) is 10.3. The molecule has 5 nitrogen and oxygen atoms in total. The largest absolute Gasteiger partial charge is 0.382 e. The highest BCUT2D eigenvalue weighted by molar-refractivity contribution is 4.38. The Balaban J connectivity index is 3.60. The van der Waals surface area contributed by atoms with Gasteiger partial charge < -0.3 is 23.2 Å². The zero-order valence-corrected chi connectivity index (χ0v) is 15.2. The highest BCUT2D eigenvalue weighted by atomic mass is 16.5. The third kappa shape index (κ3) is 13.2. The highest BCUT2D eigenvalue weighted by Gasteiger charge is 2.16. The SMILES string of the molecule is CCC[N+](C)(C)CCOCC[N+](C)(C)CCOCCOC. The summed E-state index contributed by atoms with van der Waals surface area (Å²) in [5, 5.41) is 0. The first-order valence-corrected chi connectivity index (χ1v) is 8.11. The fourth-order valence-electron chi connectivity index (χ4n) is 2.11. The number of quaternary nitrogens is 2. The van der Waals surface area contributed by atoms with Crippen LogP contribution in [0.3, 0.4) is 0 Å². The van der Waals surface area contributed by atoms with E-state index < -0.39 is 0 Å². The lowest BCUT2D eigenvalue weighted by atomic mass is 10.4. The molecule has 0 unspecified atom stereocenters. The van der Waals surface area contributed by atoms with Gasteiger partial charge in [-0.2, -0.15) is 0 Å². The van der Waals surface area contributed by atoms with Crippen LogP contribution in [0.5, 0.6) is 0 Å². The van der Waals surface area contributed by atoms with Crippen molar-refractivity contribution in [2.45, 2.75) is 13.3 Å². The summed E-state index contributed by atoms with van der Waals surface area (Å²) >= 11 is 0. The first kappa shape index (κ1) is 20.8. The van der Waals surface area contributed by atoms with Crippen LogP contribution in [0.2, 0.25) is 0 Å². The number of rotatable bonds is 14. The van der Waals surface area contributed by atoms with Crippen molar-refractivity contribution in [1.82, 2.24) is 0 Å². The molecule has 0 aromatic rings. The Morgan fingerprint density at radius 3 is 1.48 bits per heavy atom. The molecular formula is C16H38N2O3+2. The molecule has 0 spiro atoms. The maximum atomic E-state index is 5.80. The van der Waals surface area contributed by atoms with E-state index in [1.165, 1.54) is 13.0 Å². The van der Waals surface area contributed by atoms with Crippen LogP contribution < -0.4 is 0 Å². The zero-order valence-electron chi connectivity index (χ0n) is 15.2. The molecule has 21 heavy (non-hydrogen) atoms. The lowest BCUT2D eigenvalue weighted by molar-refractivity contribution is -0.894. The molecule has 0 rings (SSSR count). The first-order chi connectivity index (χ1) is 9.83. The molecule has 0 heterocycles. The lowest BCUT2D eigenvalue weighted by Gasteiger charge is -2.31. The second-order valence-corrected chi connectivity index (χ2v) is 6.98. The van der Waals surface area contributed by atoms with Crippen molar-refractivity contribution in [3.63, 3.8) is 0 Å². The molecular weight excluding hydrogens is 268 g/mol. The first-order valence-electron chi connectivity index (χ1n) is 8.11. The van der Waals surface area contributed by atoms with Gasteiger partial charge in [0.15, 0.2) is 0 Å². The van der Waals surface area contributed by atoms with Crippen molar-refractivity contribution < 1.29 is 23.2 Å². The van der Waals surface area contributed by atoms with E-state index in [-0.39, 0.29) is 0 Å². The van der Waals surface area contributed by atoms with Gasteiger partial charge in [-0.3, -0.25) is 0 Å². The maximum absolute atomic E-state index is 5.80. The van der Waals surface area contributed by atoms with Gasteiger partial charge in [-0.15, -0.1) is 0 Å². The van der Waals surface area contributed by atoms with Gasteiger partial charge in [0.25, 0.3) is 0 Å². The van der Waals surface area contributed by atoms with Crippen molar-refractivity contribution in [2.75, 3.05) is 94.5 Å². The van der Waals surface area contributed by atoms with Gasteiger partial charge in [-0.05, 0) is 6.42 Å². The van der Waals surface area contributed by atoms with Crippen molar-refractivity contribution in [3.05, 3.63) is 0 Å². The third-order valence-electron chi connectivity index (χ3n) is 3.78. The van der Waals surface area contributed by atoms with E-state index in [2.05, 4.69) is 35.1 Å². The molecule has 0 N–H and O–H groups in total. The molecule has 0 aromatic heterocycles.